The van der Waals surface area contributed by atoms with Gasteiger partial charge in [-0.25, -0.2) is 4.98 Å². The number of methoxy groups -OCH3 is 1. The van der Waals surface area contributed by atoms with Crippen LogP contribution in [0.5, 0.6) is 5.75 Å². The topological polar surface area (TPSA) is 57.9 Å². The molecule has 8 heteroatoms. The molecule has 0 aliphatic rings. The molecular weight excluding hydrogens is 425 g/mol. The zero-order valence-electron chi connectivity index (χ0n) is 14.0. The maximum atomic E-state index is 9.51. The summed E-state index contributed by atoms with van der Waals surface area (Å²) in [6.07, 6.45) is 1.58. The summed E-state index contributed by atoms with van der Waals surface area (Å²) in [5.41, 5.74) is 2.58. The van der Waals surface area contributed by atoms with Gasteiger partial charge in [0.1, 0.15) is 22.4 Å². The Balaban J connectivity index is 1.87. The van der Waals surface area contributed by atoms with Crippen molar-refractivity contribution in [3.8, 4) is 23.1 Å². The monoisotopic (exact) mass is 435 g/mol. The van der Waals surface area contributed by atoms with E-state index in [0.717, 1.165) is 11.3 Å². The van der Waals surface area contributed by atoms with Crippen molar-refractivity contribution in [1.82, 2.24) is 4.98 Å². The van der Waals surface area contributed by atoms with Crippen molar-refractivity contribution >= 4 is 57.4 Å². The molecule has 27 heavy (non-hydrogen) atoms. The molecule has 4 nitrogen and oxygen atoms in total. The Morgan fingerprint density at radius 3 is 2.70 bits per heavy atom. The second-order valence-corrected chi connectivity index (χ2v) is 7.43. The van der Waals surface area contributed by atoms with Gasteiger partial charge in [-0.15, -0.1) is 11.3 Å². The van der Waals surface area contributed by atoms with Gasteiger partial charge in [-0.2, -0.15) is 5.26 Å². The Morgan fingerprint density at radius 2 is 2.00 bits per heavy atom. The van der Waals surface area contributed by atoms with Gasteiger partial charge in [-0.3, -0.25) is 0 Å². The van der Waals surface area contributed by atoms with E-state index in [1.165, 1.54) is 11.3 Å². The Hall–Kier alpha value is -2.23. The third-order valence-corrected chi connectivity index (χ3v) is 5.45. The molecule has 1 N–H and O–H groups in total. The number of allylic oxidation sites excluding steroid dienone is 1. The van der Waals surface area contributed by atoms with Gasteiger partial charge in [-0.1, -0.05) is 40.9 Å². The molecule has 0 saturated heterocycles. The van der Waals surface area contributed by atoms with Crippen LogP contribution in [0.3, 0.4) is 0 Å². The van der Waals surface area contributed by atoms with Gasteiger partial charge in [0.25, 0.3) is 0 Å². The van der Waals surface area contributed by atoms with E-state index >= 15 is 0 Å². The number of hydrogen-bond donors (Lipinski definition) is 1. The fourth-order valence-corrected chi connectivity index (χ4v) is 3.54. The first-order chi connectivity index (χ1) is 13.0. The van der Waals surface area contributed by atoms with Gasteiger partial charge in [0.15, 0.2) is 0 Å². The Kier molecular flexibility index (Phi) is 6.25. The van der Waals surface area contributed by atoms with Gasteiger partial charge >= 0.3 is 0 Å². The Morgan fingerprint density at radius 1 is 1.19 bits per heavy atom. The quantitative estimate of drug-likeness (QED) is 0.449. The van der Waals surface area contributed by atoms with Gasteiger partial charge in [0.05, 0.1) is 28.5 Å². The summed E-state index contributed by atoms with van der Waals surface area (Å²) < 4.78 is 5.29. The van der Waals surface area contributed by atoms with Gasteiger partial charge < -0.3 is 10.1 Å². The zero-order chi connectivity index (χ0) is 19.4. The predicted molar refractivity (Wildman–Crippen MR) is 113 cm³/mol. The van der Waals surface area contributed by atoms with Crippen LogP contribution < -0.4 is 10.1 Å². The molecule has 0 unspecified atom stereocenters. The van der Waals surface area contributed by atoms with Crippen molar-refractivity contribution in [2.75, 3.05) is 12.4 Å². The summed E-state index contributed by atoms with van der Waals surface area (Å²) in [5.74, 6) is 0.614. The van der Waals surface area contributed by atoms with Crippen LogP contribution in [0.25, 0.3) is 16.8 Å². The molecule has 0 amide bonds. The van der Waals surface area contributed by atoms with E-state index in [1.54, 1.807) is 43.6 Å². The van der Waals surface area contributed by atoms with Crippen LogP contribution in [0, 0.1) is 11.3 Å². The number of thiazole rings is 1. The molecule has 1 heterocycles. The van der Waals surface area contributed by atoms with Crippen molar-refractivity contribution in [3.63, 3.8) is 0 Å². The van der Waals surface area contributed by atoms with Crippen LogP contribution in [0.2, 0.25) is 15.1 Å². The third kappa shape index (κ3) is 4.55. The maximum absolute atomic E-state index is 9.51. The highest BCUT2D eigenvalue weighted by Gasteiger charge is 2.11. The molecule has 0 atom stereocenters. The average molecular weight is 437 g/mol. The number of benzene rings is 2. The number of nitrogens with zero attached hydrogens (tertiary/aromatic N) is 2. The highest BCUT2D eigenvalue weighted by Crippen LogP contribution is 2.32. The Labute approximate surface area is 175 Å². The van der Waals surface area contributed by atoms with Crippen molar-refractivity contribution < 1.29 is 4.74 Å². The minimum atomic E-state index is 0.383. The number of aromatic nitrogens is 1. The fourth-order valence-electron chi connectivity index (χ4n) is 2.27. The van der Waals surface area contributed by atoms with Gasteiger partial charge in [0, 0.05) is 22.2 Å². The van der Waals surface area contributed by atoms with E-state index in [4.69, 9.17) is 39.5 Å². The second-order valence-electron chi connectivity index (χ2n) is 5.33. The van der Waals surface area contributed by atoms with Gasteiger partial charge in [-0.05, 0) is 30.3 Å². The highest BCUT2D eigenvalue weighted by molar-refractivity contribution is 7.11. The van der Waals surface area contributed by atoms with Crippen molar-refractivity contribution in [2.24, 2.45) is 0 Å². The molecule has 0 fully saturated rings. The lowest BCUT2D eigenvalue weighted by molar-refractivity contribution is 0.417. The molecular formula is C19H12Cl3N3OS. The van der Waals surface area contributed by atoms with Crippen molar-refractivity contribution in [1.29, 1.82) is 5.26 Å². The lowest BCUT2D eigenvalue weighted by atomic mass is 10.2. The standard InChI is InChI=1S/C19H12Cl3N3OS/c1-26-18-5-3-13(20)7-16(18)24-9-12(8-23)19-25-17(10-27-19)11-2-4-14(21)15(22)6-11/h2-7,9-10,24H,1H3/b12-9-. The highest BCUT2D eigenvalue weighted by atomic mass is 35.5. The van der Waals surface area contributed by atoms with E-state index in [2.05, 4.69) is 16.4 Å². The average Bonchev–Trinajstić information content (AvgIpc) is 3.14. The molecule has 0 aliphatic heterocycles. The van der Waals surface area contributed by atoms with Crippen LogP contribution in [0.15, 0.2) is 48.0 Å². The predicted octanol–water partition coefficient (Wildman–Crippen LogP) is 6.76. The minimum absolute atomic E-state index is 0.383. The number of nitriles is 1. The molecule has 0 radical (unpaired) electrons. The van der Waals surface area contributed by atoms with Crippen LogP contribution in [-0.4, -0.2) is 12.1 Å². The number of hydrogen-bond acceptors (Lipinski definition) is 5. The maximum Gasteiger partial charge on any atom is 0.142 e. The van der Waals surface area contributed by atoms with Crippen LogP contribution in [0.4, 0.5) is 5.69 Å². The SMILES string of the molecule is COc1ccc(Cl)cc1N/C=C(/C#N)c1nc(-c2ccc(Cl)c(Cl)c2)cs1. The number of ether oxygens (including phenoxy) is 1. The summed E-state index contributed by atoms with van der Waals surface area (Å²) in [6, 6.07) is 12.6. The van der Waals surface area contributed by atoms with Crippen LogP contribution >= 0.6 is 46.1 Å². The molecule has 3 aromatic rings. The zero-order valence-corrected chi connectivity index (χ0v) is 17.0. The van der Waals surface area contributed by atoms with E-state index in [0.29, 0.717) is 37.1 Å². The summed E-state index contributed by atoms with van der Waals surface area (Å²) in [4.78, 5) is 4.52. The van der Waals surface area contributed by atoms with Crippen molar-refractivity contribution in [3.05, 3.63) is 68.1 Å². The number of rotatable bonds is 5. The molecule has 2 aromatic carbocycles. The summed E-state index contributed by atoms with van der Waals surface area (Å²) in [7, 11) is 1.56. The Bertz CT molecular complexity index is 1060. The first-order valence-corrected chi connectivity index (χ1v) is 9.65. The first kappa shape index (κ1) is 19.5. The van der Waals surface area contributed by atoms with Crippen LogP contribution in [-0.2, 0) is 0 Å². The van der Waals surface area contributed by atoms with Crippen molar-refractivity contribution in [2.45, 2.75) is 0 Å². The van der Waals surface area contributed by atoms with Crippen LogP contribution in [0.1, 0.15) is 5.01 Å². The van der Waals surface area contributed by atoms with E-state index < -0.39 is 0 Å². The molecule has 0 bridgehead atoms. The summed E-state index contributed by atoms with van der Waals surface area (Å²) >= 11 is 19.4. The molecule has 136 valence electrons. The largest absolute Gasteiger partial charge is 0.495 e. The lowest BCUT2D eigenvalue weighted by Gasteiger charge is -2.08. The van der Waals surface area contributed by atoms with E-state index in [-0.39, 0.29) is 0 Å². The number of nitrogens with one attached hydrogen (secondary N) is 1. The third-order valence-electron chi connectivity index (χ3n) is 3.60. The van der Waals surface area contributed by atoms with Gasteiger partial charge in [0.2, 0.25) is 0 Å². The smallest absolute Gasteiger partial charge is 0.142 e. The second kappa shape index (κ2) is 8.64. The molecule has 0 aliphatic carbocycles. The summed E-state index contributed by atoms with van der Waals surface area (Å²) in [6.45, 7) is 0. The van der Waals surface area contributed by atoms with E-state index in [1.807, 2.05) is 11.4 Å². The molecule has 3 rings (SSSR count). The molecule has 1 aromatic heterocycles. The fraction of sp³-hybridized carbons (Fsp3) is 0.0526. The molecule has 0 saturated carbocycles. The molecule has 0 spiro atoms. The van der Waals surface area contributed by atoms with E-state index in [9.17, 15) is 5.26 Å². The number of halogens is 3. The summed E-state index contributed by atoms with van der Waals surface area (Å²) in [5, 5.41) is 16.5. The normalized spacial score (nSPS) is 11.1. The number of anilines is 1. The first-order valence-electron chi connectivity index (χ1n) is 7.63. The minimum Gasteiger partial charge on any atom is -0.495 e. The lowest BCUT2D eigenvalue weighted by Crippen LogP contribution is -1.95.